The number of carbonyl (C=O) groups excluding carboxylic acids is 2. The molecular weight excluding hydrogens is 564 g/mol. The number of hydrogen-bond acceptors (Lipinski definition) is 9. The quantitative estimate of drug-likeness (QED) is 0.274. The molecule has 4 atom stereocenters. The summed E-state index contributed by atoms with van der Waals surface area (Å²) in [5.74, 6) is 6.23. The third-order valence-corrected chi connectivity index (χ3v) is 7.98. The number of hydrogen-bond donors (Lipinski definition) is 5. The summed E-state index contributed by atoms with van der Waals surface area (Å²) in [5.41, 5.74) is 7.38. The number of carbonyl (C=O) groups is 2. The van der Waals surface area contributed by atoms with E-state index >= 15 is 0 Å². The Balaban J connectivity index is 1.08. The summed E-state index contributed by atoms with van der Waals surface area (Å²) in [4.78, 5) is 39.9. The Hall–Kier alpha value is -3.96. The lowest BCUT2D eigenvalue weighted by Crippen LogP contribution is -2.43. The Labute approximate surface area is 246 Å². The number of aliphatic hydroxyl groups excluding tert-OH is 2. The minimum absolute atomic E-state index is 0.0828. The van der Waals surface area contributed by atoms with E-state index in [0.29, 0.717) is 41.7 Å². The summed E-state index contributed by atoms with van der Waals surface area (Å²) in [6, 6.07) is 6.92. The number of halogens is 1. The van der Waals surface area contributed by atoms with Crippen LogP contribution in [0, 0.1) is 17.8 Å². The summed E-state index contributed by atoms with van der Waals surface area (Å²) in [7, 11) is 0. The molecule has 1 aliphatic carbocycles. The van der Waals surface area contributed by atoms with Gasteiger partial charge in [0, 0.05) is 36.3 Å². The van der Waals surface area contributed by atoms with E-state index in [9.17, 15) is 19.8 Å². The van der Waals surface area contributed by atoms with E-state index in [4.69, 9.17) is 22.1 Å². The first kappa shape index (κ1) is 28.2. The number of benzene rings is 1. The molecule has 0 radical (unpaired) electrons. The molecule has 2 saturated heterocycles. The molecule has 1 aromatic carbocycles. The van der Waals surface area contributed by atoms with Crippen molar-refractivity contribution in [1.82, 2.24) is 29.7 Å². The number of piperidine rings is 1. The van der Waals surface area contributed by atoms with Crippen LogP contribution in [0.5, 0.6) is 0 Å². The average molecular weight is 595 g/mol. The van der Waals surface area contributed by atoms with Gasteiger partial charge in [-0.3, -0.25) is 9.36 Å². The van der Waals surface area contributed by atoms with Gasteiger partial charge in [-0.25, -0.2) is 19.7 Å². The van der Waals surface area contributed by atoms with Gasteiger partial charge in [-0.1, -0.05) is 17.5 Å². The first-order valence-corrected chi connectivity index (χ1v) is 14.3. The van der Waals surface area contributed by atoms with Crippen molar-refractivity contribution in [3.63, 3.8) is 0 Å². The standard InChI is InChI=1S/C28H31ClN8O5/c29-16-4-6-18(7-5-16)33-28(41)36-12-10-15(11-13-36)2-1-3-19-34-24(30)20-25(35-19)37(14-31-20)27-22(39)21(38)23(42-27)26(40)32-17-8-9-17/h4-7,14-15,17,21-23,27,38-39H,2,8-13H2,(H,32,40)(H,33,41)(H2,30,34,35)/t21?,22-,23-,27+/m0/s1. The molecule has 13 nitrogen and oxygen atoms in total. The molecule has 3 fully saturated rings. The molecule has 220 valence electrons. The zero-order valence-electron chi connectivity index (χ0n) is 22.6. The van der Waals surface area contributed by atoms with Crippen molar-refractivity contribution in [2.45, 2.75) is 62.7 Å². The molecule has 2 aliphatic heterocycles. The number of likely N-dealkylation sites (tertiary alicyclic amines) is 1. The zero-order chi connectivity index (χ0) is 29.4. The van der Waals surface area contributed by atoms with Crippen LogP contribution in [0.1, 0.15) is 44.2 Å². The molecule has 3 amide bonds. The van der Waals surface area contributed by atoms with Crippen LogP contribution in [0.25, 0.3) is 11.2 Å². The van der Waals surface area contributed by atoms with Crippen molar-refractivity contribution in [2.75, 3.05) is 24.1 Å². The Bertz CT molecular complexity index is 1540. The van der Waals surface area contributed by atoms with E-state index in [0.717, 1.165) is 25.7 Å². The molecule has 2 aromatic heterocycles. The van der Waals surface area contributed by atoms with Gasteiger partial charge in [0.25, 0.3) is 5.91 Å². The monoisotopic (exact) mass is 594 g/mol. The molecule has 1 unspecified atom stereocenters. The molecule has 1 saturated carbocycles. The summed E-state index contributed by atoms with van der Waals surface area (Å²) < 4.78 is 7.20. The minimum atomic E-state index is -1.42. The number of rotatable bonds is 5. The van der Waals surface area contributed by atoms with Crippen molar-refractivity contribution in [1.29, 1.82) is 0 Å². The molecule has 42 heavy (non-hydrogen) atoms. The fraction of sp³-hybridized carbons (Fsp3) is 0.464. The third kappa shape index (κ3) is 5.98. The van der Waals surface area contributed by atoms with Crippen molar-refractivity contribution in [3.8, 4) is 11.8 Å². The van der Waals surface area contributed by atoms with Gasteiger partial charge in [0.1, 0.15) is 17.7 Å². The Morgan fingerprint density at radius 3 is 2.55 bits per heavy atom. The SMILES string of the molecule is Nc1nc(C#CCC2CCN(C(=O)Nc3ccc(Cl)cc3)CC2)nc2c1ncn2[C@@H]1O[C@H](C(=O)NC2CC2)C(O)[C@@H]1O. The highest BCUT2D eigenvalue weighted by molar-refractivity contribution is 6.30. The van der Waals surface area contributed by atoms with Gasteiger partial charge in [-0.05, 0) is 61.8 Å². The summed E-state index contributed by atoms with van der Waals surface area (Å²) >= 11 is 5.91. The minimum Gasteiger partial charge on any atom is -0.387 e. The lowest BCUT2D eigenvalue weighted by molar-refractivity contribution is -0.137. The second-order valence-corrected chi connectivity index (χ2v) is 11.3. The van der Waals surface area contributed by atoms with E-state index in [2.05, 4.69) is 37.4 Å². The van der Waals surface area contributed by atoms with E-state index < -0.39 is 30.4 Å². The predicted octanol–water partition coefficient (Wildman–Crippen LogP) is 1.65. The smallest absolute Gasteiger partial charge is 0.321 e. The van der Waals surface area contributed by atoms with Gasteiger partial charge in [0.2, 0.25) is 5.82 Å². The maximum atomic E-state index is 12.6. The van der Waals surface area contributed by atoms with Crippen molar-refractivity contribution >= 4 is 46.2 Å². The Morgan fingerprint density at radius 1 is 1.10 bits per heavy atom. The summed E-state index contributed by atoms with van der Waals surface area (Å²) in [5, 5.41) is 27.5. The number of aliphatic hydroxyl groups is 2. The van der Waals surface area contributed by atoms with Crippen LogP contribution in [0.15, 0.2) is 30.6 Å². The number of anilines is 2. The highest BCUT2D eigenvalue weighted by Crippen LogP contribution is 2.33. The normalized spacial score (nSPS) is 24.3. The molecule has 3 aromatic rings. The van der Waals surface area contributed by atoms with Gasteiger partial charge >= 0.3 is 6.03 Å². The van der Waals surface area contributed by atoms with E-state index in [1.165, 1.54) is 10.9 Å². The Kier molecular flexibility index (Phi) is 7.87. The fourth-order valence-corrected chi connectivity index (χ4v) is 5.27. The van der Waals surface area contributed by atoms with Gasteiger partial charge in [0.05, 0.1) is 6.33 Å². The van der Waals surface area contributed by atoms with E-state index in [1.807, 2.05) is 0 Å². The van der Waals surface area contributed by atoms with Gasteiger partial charge < -0.3 is 36.2 Å². The van der Waals surface area contributed by atoms with Crippen LogP contribution in [0.2, 0.25) is 5.02 Å². The third-order valence-electron chi connectivity index (χ3n) is 7.73. The van der Waals surface area contributed by atoms with Gasteiger partial charge in [-0.2, -0.15) is 0 Å². The van der Waals surface area contributed by atoms with E-state index in [-0.39, 0.29) is 29.4 Å². The van der Waals surface area contributed by atoms with Crippen LogP contribution in [0.4, 0.5) is 16.3 Å². The number of aromatic nitrogens is 4. The highest BCUT2D eigenvalue weighted by atomic mass is 35.5. The second-order valence-electron chi connectivity index (χ2n) is 10.8. The maximum Gasteiger partial charge on any atom is 0.321 e. The number of nitrogen functional groups attached to an aromatic ring is 1. The molecular formula is C28H31ClN8O5. The molecule has 6 N–H and O–H groups in total. The molecule has 0 spiro atoms. The number of imidazole rings is 1. The largest absolute Gasteiger partial charge is 0.387 e. The number of ether oxygens (including phenoxy) is 1. The summed E-state index contributed by atoms with van der Waals surface area (Å²) in [6.07, 6.45) is 0.240. The van der Waals surface area contributed by atoms with Gasteiger partial charge in [0.15, 0.2) is 23.8 Å². The fourth-order valence-electron chi connectivity index (χ4n) is 5.15. The predicted molar refractivity (Wildman–Crippen MR) is 153 cm³/mol. The molecule has 4 heterocycles. The van der Waals surface area contributed by atoms with Crippen LogP contribution >= 0.6 is 11.6 Å². The van der Waals surface area contributed by atoms with Crippen LogP contribution in [0.3, 0.4) is 0 Å². The number of urea groups is 1. The average Bonchev–Trinajstić information content (AvgIpc) is 3.61. The number of nitrogens with two attached hydrogens (primary N) is 1. The number of nitrogens with one attached hydrogen (secondary N) is 2. The first-order valence-electron chi connectivity index (χ1n) is 13.9. The van der Waals surface area contributed by atoms with Crippen LogP contribution in [-0.2, 0) is 9.53 Å². The lowest BCUT2D eigenvalue weighted by Gasteiger charge is -2.31. The lowest BCUT2D eigenvalue weighted by atomic mass is 9.94. The number of fused-ring (bicyclic) bond motifs is 1. The van der Waals surface area contributed by atoms with Crippen LogP contribution in [-0.4, -0.2) is 84.0 Å². The Morgan fingerprint density at radius 2 is 1.83 bits per heavy atom. The molecule has 0 bridgehead atoms. The van der Waals surface area contributed by atoms with Crippen LogP contribution < -0.4 is 16.4 Å². The number of nitrogens with zero attached hydrogens (tertiary/aromatic N) is 5. The van der Waals surface area contributed by atoms with E-state index in [1.54, 1.807) is 29.2 Å². The van der Waals surface area contributed by atoms with Crippen molar-refractivity contribution in [3.05, 3.63) is 41.4 Å². The maximum absolute atomic E-state index is 12.6. The van der Waals surface area contributed by atoms with Gasteiger partial charge in [-0.15, -0.1) is 0 Å². The molecule has 14 heteroatoms. The topological polar surface area (TPSA) is 181 Å². The number of amides is 3. The molecule has 3 aliphatic rings. The first-order chi connectivity index (χ1) is 20.3. The van der Waals surface area contributed by atoms with Crippen molar-refractivity contribution in [2.24, 2.45) is 5.92 Å². The van der Waals surface area contributed by atoms with Crippen molar-refractivity contribution < 1.29 is 24.5 Å². The zero-order valence-corrected chi connectivity index (χ0v) is 23.4. The summed E-state index contributed by atoms with van der Waals surface area (Å²) in [6.45, 7) is 1.24. The second kappa shape index (κ2) is 11.7. The molecule has 6 rings (SSSR count). The highest BCUT2D eigenvalue weighted by Gasteiger charge is 2.48.